The average Bonchev–Trinajstić information content (AvgIpc) is 2.03. The molecule has 0 spiro atoms. The molecule has 1 rings (SSSR count). The maximum atomic E-state index is 12.9. The first-order valence-electron chi connectivity index (χ1n) is 3.27. The molecule has 1 N–H and O–H groups in total. The smallest absolute Gasteiger partial charge is 0.338 e. The fraction of sp³-hybridized carbons (Fsp3) is 0.143. The number of carbonyl (C=O) groups is 1. The number of hydrogen-bond donors (Lipinski definition) is 1. The van der Waals surface area contributed by atoms with Gasteiger partial charge in [-0.25, -0.2) is 9.18 Å². The van der Waals surface area contributed by atoms with Gasteiger partial charge in [0.15, 0.2) is 0 Å². The first kappa shape index (κ1) is 9.66. The van der Waals surface area contributed by atoms with Crippen molar-refractivity contribution in [3.05, 3.63) is 23.6 Å². The van der Waals surface area contributed by atoms with Crippen LogP contribution in [-0.2, 0) is 15.1 Å². The maximum Gasteiger partial charge on any atom is 0.338 e. The summed E-state index contributed by atoms with van der Waals surface area (Å²) in [7, 11) is -2.49. The Bertz CT molecular complexity index is 433. The largest absolute Gasteiger partial charge is 0.478 e. The van der Waals surface area contributed by atoms with E-state index in [1.807, 2.05) is 0 Å². The van der Waals surface area contributed by atoms with Crippen LogP contribution in [0.25, 0.3) is 0 Å². The van der Waals surface area contributed by atoms with Gasteiger partial charge < -0.3 is 5.11 Å². The van der Waals surface area contributed by atoms with Crippen LogP contribution in [0.3, 0.4) is 0 Å². The molecule has 0 amide bonds. The van der Waals surface area contributed by atoms with Crippen molar-refractivity contribution in [2.45, 2.75) is 6.42 Å². The van der Waals surface area contributed by atoms with Crippen LogP contribution in [0.5, 0.6) is 0 Å². The molecule has 1 aliphatic carbocycles. The number of rotatable bonds is 1. The van der Waals surface area contributed by atoms with Gasteiger partial charge >= 0.3 is 5.97 Å². The van der Waals surface area contributed by atoms with Crippen molar-refractivity contribution in [2.75, 3.05) is 0 Å². The number of allylic oxidation sites excluding steroid dienone is 2. The van der Waals surface area contributed by atoms with Crippen molar-refractivity contribution in [1.82, 2.24) is 0 Å². The van der Waals surface area contributed by atoms with Gasteiger partial charge in [-0.1, -0.05) is 0 Å². The van der Waals surface area contributed by atoms with Gasteiger partial charge in [-0.3, -0.25) is 0 Å². The van der Waals surface area contributed by atoms with Crippen molar-refractivity contribution in [3.63, 3.8) is 0 Å². The van der Waals surface area contributed by atoms with Gasteiger partial charge in [0, 0.05) is 6.42 Å². The number of halogens is 1. The first-order valence-corrected chi connectivity index (χ1v) is 4.35. The minimum atomic E-state index is -2.49. The quantitative estimate of drug-likeness (QED) is 0.624. The van der Waals surface area contributed by atoms with E-state index < -0.39 is 34.1 Å². The van der Waals surface area contributed by atoms with E-state index in [0.29, 0.717) is 0 Å². The highest BCUT2D eigenvalue weighted by atomic mass is 32.2. The van der Waals surface area contributed by atoms with Gasteiger partial charge in [0.2, 0.25) is 10.3 Å². The second-order valence-electron chi connectivity index (χ2n) is 2.33. The van der Waals surface area contributed by atoms with E-state index in [0.717, 1.165) is 12.2 Å². The zero-order chi connectivity index (χ0) is 10.0. The van der Waals surface area contributed by atoms with Crippen LogP contribution >= 0.6 is 0 Å². The van der Waals surface area contributed by atoms with Crippen LogP contribution in [0.1, 0.15) is 6.42 Å². The summed E-state index contributed by atoms with van der Waals surface area (Å²) in [5.41, 5.74) is -0.491. The predicted molar refractivity (Wildman–Crippen MR) is 43.5 cm³/mol. The Balaban J connectivity index is 3.15. The molecule has 1 aliphatic rings. The number of hydrogen-bond acceptors (Lipinski definition) is 3. The summed E-state index contributed by atoms with van der Waals surface area (Å²) in [5.74, 6) is -2.33. The Morgan fingerprint density at radius 3 is 2.46 bits per heavy atom. The van der Waals surface area contributed by atoms with Crippen molar-refractivity contribution >= 4 is 21.1 Å². The molecule has 0 radical (unpaired) electrons. The van der Waals surface area contributed by atoms with Gasteiger partial charge in [-0.2, -0.15) is 8.42 Å². The summed E-state index contributed by atoms with van der Waals surface area (Å²) in [6.07, 6.45) is 1.54. The minimum Gasteiger partial charge on any atom is -0.478 e. The molecule has 0 saturated heterocycles. The molecule has 6 heteroatoms. The highest BCUT2D eigenvalue weighted by Crippen LogP contribution is 2.18. The van der Waals surface area contributed by atoms with Crippen LogP contribution in [-0.4, -0.2) is 24.4 Å². The molecule has 0 aliphatic heterocycles. The molecule has 0 aromatic rings. The first-order chi connectivity index (χ1) is 6.02. The molecule has 13 heavy (non-hydrogen) atoms. The Morgan fingerprint density at radius 1 is 1.46 bits per heavy atom. The third-order valence-corrected chi connectivity index (χ3v) is 2.21. The topological polar surface area (TPSA) is 71.4 Å². The average molecular weight is 204 g/mol. The standard InChI is InChI=1S/C7H5FO4S/c8-6-3-4(13(11)12)1-2-5(6)7(9)10/h1-2H,3H2,(H,9,10). The second-order valence-corrected chi connectivity index (χ2v) is 3.33. The lowest BCUT2D eigenvalue weighted by Gasteiger charge is -2.04. The number of carboxylic acids is 1. The lowest BCUT2D eigenvalue weighted by Crippen LogP contribution is -2.08. The summed E-state index contributed by atoms with van der Waals surface area (Å²) >= 11 is 0. The highest BCUT2D eigenvalue weighted by Gasteiger charge is 2.17. The van der Waals surface area contributed by atoms with Crippen molar-refractivity contribution in [1.29, 1.82) is 0 Å². The van der Waals surface area contributed by atoms with E-state index in [1.54, 1.807) is 0 Å². The van der Waals surface area contributed by atoms with Crippen LogP contribution < -0.4 is 0 Å². The third kappa shape index (κ3) is 2.03. The Kier molecular flexibility index (Phi) is 2.62. The fourth-order valence-corrected chi connectivity index (χ4v) is 1.30. The molecule has 0 heterocycles. The van der Waals surface area contributed by atoms with Crippen LogP contribution in [0.15, 0.2) is 23.6 Å². The summed E-state index contributed by atoms with van der Waals surface area (Å²) in [6.45, 7) is 0. The summed E-state index contributed by atoms with van der Waals surface area (Å²) < 4.78 is 33.6. The van der Waals surface area contributed by atoms with Gasteiger partial charge in [-0.05, 0) is 12.2 Å². The van der Waals surface area contributed by atoms with Crippen molar-refractivity contribution in [2.24, 2.45) is 0 Å². The molecule has 0 unspecified atom stereocenters. The molecular weight excluding hydrogens is 199 g/mol. The Hall–Kier alpha value is -1.43. The number of carboxylic acid groups (broad SMARTS) is 1. The SMILES string of the molecule is O=C(O)C1=C(F)CC(=S(=O)=O)C=C1. The van der Waals surface area contributed by atoms with Crippen LogP contribution in [0.4, 0.5) is 4.39 Å². The fourth-order valence-electron chi connectivity index (χ4n) is 0.876. The third-order valence-electron chi connectivity index (χ3n) is 1.50. The molecule has 0 saturated carbocycles. The van der Waals surface area contributed by atoms with E-state index in [2.05, 4.69) is 0 Å². The predicted octanol–water partition coefficient (Wildman–Crippen LogP) is 0.306. The molecule has 0 aromatic carbocycles. The monoisotopic (exact) mass is 204 g/mol. The lowest BCUT2D eigenvalue weighted by molar-refractivity contribution is -0.132. The zero-order valence-electron chi connectivity index (χ0n) is 6.32. The summed E-state index contributed by atoms with van der Waals surface area (Å²) in [4.78, 5) is 10.2. The molecule has 0 bridgehead atoms. The molecule has 4 nitrogen and oxygen atoms in total. The van der Waals surface area contributed by atoms with Crippen molar-refractivity contribution in [3.8, 4) is 0 Å². The molecular formula is C7H5FO4S. The lowest BCUT2D eigenvalue weighted by atomic mass is 10.1. The van der Waals surface area contributed by atoms with E-state index >= 15 is 0 Å². The molecule has 0 fully saturated rings. The molecule has 0 aromatic heterocycles. The van der Waals surface area contributed by atoms with Gasteiger partial charge in [0.05, 0.1) is 10.4 Å². The van der Waals surface area contributed by atoms with Gasteiger partial charge in [-0.15, -0.1) is 0 Å². The Labute approximate surface area is 74.5 Å². The molecule has 0 atom stereocenters. The van der Waals surface area contributed by atoms with Crippen molar-refractivity contribution < 1.29 is 22.7 Å². The van der Waals surface area contributed by atoms with E-state index in [-0.39, 0.29) is 4.86 Å². The van der Waals surface area contributed by atoms with E-state index in [1.165, 1.54) is 0 Å². The summed E-state index contributed by atoms with van der Waals surface area (Å²) in [5, 5.41) is 8.42. The summed E-state index contributed by atoms with van der Waals surface area (Å²) in [6, 6.07) is 0. The second kappa shape index (κ2) is 3.53. The highest BCUT2D eigenvalue weighted by molar-refractivity contribution is 7.73. The molecule has 70 valence electrons. The van der Waals surface area contributed by atoms with Gasteiger partial charge in [0.25, 0.3) is 0 Å². The van der Waals surface area contributed by atoms with Crippen LogP contribution in [0.2, 0.25) is 0 Å². The normalized spacial score (nSPS) is 16.2. The van der Waals surface area contributed by atoms with Crippen LogP contribution in [0, 0.1) is 0 Å². The Morgan fingerprint density at radius 2 is 2.08 bits per heavy atom. The van der Waals surface area contributed by atoms with E-state index in [9.17, 15) is 17.6 Å². The zero-order valence-corrected chi connectivity index (χ0v) is 7.14. The van der Waals surface area contributed by atoms with Gasteiger partial charge in [0.1, 0.15) is 5.83 Å². The number of aliphatic carboxylic acids is 1. The maximum absolute atomic E-state index is 12.9. The minimum absolute atomic E-state index is 0.150. The van der Waals surface area contributed by atoms with E-state index in [4.69, 9.17) is 5.11 Å².